The number of hydrogen-bond donors (Lipinski definition) is 1. The standard InChI is InChI=1S/C33H40ClFN2O2/c1-5-22(6-2)30-17-24(23-11-9-8-10-12-23)13-14-37(30)32(38)28-19-36-20-33(28)21(4)39-27(7-3)16-25-15-26(34)18-29(35)31(25)33/h7-12,15,18,22,24,27-28,30,36H,3-6,13-14,16-17,19-20H2,1-2H3/p+1. The van der Waals surface area contributed by atoms with Gasteiger partial charge in [0.25, 0.3) is 0 Å². The van der Waals surface area contributed by atoms with E-state index in [1.54, 1.807) is 6.08 Å². The zero-order valence-corrected chi connectivity index (χ0v) is 23.9. The van der Waals surface area contributed by atoms with Gasteiger partial charge in [-0.25, -0.2) is 4.39 Å². The van der Waals surface area contributed by atoms with Crippen LogP contribution in [0.4, 0.5) is 4.39 Å². The van der Waals surface area contributed by atoms with Crippen LogP contribution in [0.2, 0.25) is 5.02 Å². The Labute approximate surface area is 237 Å². The number of carbonyl (C=O) groups is 1. The van der Waals surface area contributed by atoms with Crippen molar-refractivity contribution in [3.63, 3.8) is 0 Å². The molecule has 2 N–H and O–H groups in total. The van der Waals surface area contributed by atoms with Gasteiger partial charge in [-0.1, -0.05) is 87.9 Å². The van der Waals surface area contributed by atoms with Crippen LogP contribution in [-0.2, 0) is 21.4 Å². The molecule has 3 aliphatic rings. The maximum atomic E-state index is 15.9. The summed E-state index contributed by atoms with van der Waals surface area (Å²) in [7, 11) is 0. The van der Waals surface area contributed by atoms with Crippen LogP contribution in [0.5, 0.6) is 0 Å². The number of rotatable bonds is 6. The summed E-state index contributed by atoms with van der Waals surface area (Å²) in [6, 6.07) is 14.0. The third-order valence-electron chi connectivity index (χ3n) is 9.61. The van der Waals surface area contributed by atoms with E-state index >= 15 is 4.39 Å². The minimum Gasteiger partial charge on any atom is -0.490 e. The molecule has 1 spiro atoms. The molecule has 5 rings (SSSR count). The van der Waals surface area contributed by atoms with E-state index in [9.17, 15) is 4.79 Å². The van der Waals surface area contributed by atoms with Crippen LogP contribution in [0.25, 0.3) is 0 Å². The summed E-state index contributed by atoms with van der Waals surface area (Å²) in [6.45, 7) is 14.5. The summed E-state index contributed by atoms with van der Waals surface area (Å²) in [5, 5.41) is 2.46. The molecule has 2 aromatic carbocycles. The van der Waals surface area contributed by atoms with Crippen molar-refractivity contribution in [2.45, 2.75) is 69.4 Å². The number of nitrogens with zero attached hydrogens (tertiary/aromatic N) is 1. The number of piperidine rings is 1. The van der Waals surface area contributed by atoms with E-state index in [1.807, 2.05) is 6.07 Å². The van der Waals surface area contributed by atoms with Crippen molar-refractivity contribution in [3.05, 3.63) is 95.0 Å². The number of hydrogen-bond acceptors (Lipinski definition) is 2. The lowest BCUT2D eigenvalue weighted by atomic mass is 9.68. The Morgan fingerprint density at radius 3 is 2.72 bits per heavy atom. The highest BCUT2D eigenvalue weighted by Gasteiger charge is 2.59. The van der Waals surface area contributed by atoms with Gasteiger partial charge < -0.3 is 15.0 Å². The number of likely N-dealkylation sites (tertiary alicyclic amines) is 1. The molecule has 0 radical (unpaired) electrons. The van der Waals surface area contributed by atoms with Crippen LogP contribution < -0.4 is 5.32 Å². The molecule has 2 aromatic rings. The van der Waals surface area contributed by atoms with Gasteiger partial charge in [0.2, 0.25) is 5.91 Å². The summed E-state index contributed by atoms with van der Waals surface area (Å²) >= 11 is 6.32. The SMILES string of the molecule is C=CC1Cc2cc(Cl)cc(F)c2C2(C[NH2+]CC2C(=O)N2CCC(c3ccccc3)CC2C(CC)CC)C(=C)O1. The molecule has 0 aromatic heterocycles. The van der Waals surface area contributed by atoms with Crippen LogP contribution in [0, 0.1) is 17.7 Å². The average Bonchev–Trinajstić information content (AvgIpc) is 3.33. The molecular formula is C33H41ClFN2O2+. The van der Waals surface area contributed by atoms with E-state index in [4.69, 9.17) is 16.3 Å². The maximum absolute atomic E-state index is 15.9. The van der Waals surface area contributed by atoms with E-state index in [0.29, 0.717) is 54.2 Å². The Morgan fingerprint density at radius 2 is 2.03 bits per heavy atom. The van der Waals surface area contributed by atoms with E-state index < -0.39 is 11.3 Å². The van der Waals surface area contributed by atoms with Crippen molar-refractivity contribution in [2.24, 2.45) is 11.8 Å². The Balaban J connectivity index is 1.54. The van der Waals surface area contributed by atoms with Crippen LogP contribution in [0.1, 0.15) is 62.1 Å². The molecular weight excluding hydrogens is 511 g/mol. The third-order valence-corrected chi connectivity index (χ3v) is 9.83. The first-order chi connectivity index (χ1) is 18.8. The van der Waals surface area contributed by atoms with Gasteiger partial charge in [0, 0.05) is 29.6 Å². The minimum absolute atomic E-state index is 0.0919. The molecule has 0 saturated carbocycles. The zero-order valence-electron chi connectivity index (χ0n) is 23.2. The summed E-state index contributed by atoms with van der Waals surface area (Å²) in [5.41, 5.74) is 1.68. The third kappa shape index (κ3) is 4.93. The van der Waals surface area contributed by atoms with Crippen LogP contribution >= 0.6 is 11.6 Å². The summed E-state index contributed by atoms with van der Waals surface area (Å²) in [6.07, 6.45) is 5.71. The molecule has 5 atom stereocenters. The number of quaternary nitrogens is 1. The second kappa shape index (κ2) is 11.5. The first kappa shape index (κ1) is 27.9. The zero-order chi connectivity index (χ0) is 27.7. The van der Waals surface area contributed by atoms with E-state index in [2.05, 4.69) is 67.6 Å². The lowest BCUT2D eigenvalue weighted by Crippen LogP contribution is -2.82. The summed E-state index contributed by atoms with van der Waals surface area (Å²) in [4.78, 5) is 16.8. The largest absolute Gasteiger partial charge is 0.490 e. The number of carbonyl (C=O) groups excluding carboxylic acids is 1. The fourth-order valence-corrected chi connectivity index (χ4v) is 7.83. The second-order valence-electron chi connectivity index (χ2n) is 11.5. The molecule has 39 heavy (non-hydrogen) atoms. The fraction of sp³-hybridized carbons (Fsp3) is 0.485. The van der Waals surface area contributed by atoms with Crippen molar-refractivity contribution >= 4 is 17.5 Å². The van der Waals surface area contributed by atoms with Gasteiger partial charge in [-0.2, -0.15) is 0 Å². The van der Waals surface area contributed by atoms with Gasteiger partial charge in [0.15, 0.2) is 0 Å². The molecule has 5 unspecified atom stereocenters. The number of ether oxygens (including phenoxy) is 1. The van der Waals surface area contributed by atoms with Gasteiger partial charge in [-0.05, 0) is 47.9 Å². The Kier molecular flexibility index (Phi) is 8.21. The van der Waals surface area contributed by atoms with Gasteiger partial charge in [-0.3, -0.25) is 4.79 Å². The minimum atomic E-state index is -0.965. The summed E-state index contributed by atoms with van der Waals surface area (Å²) < 4.78 is 22.2. The van der Waals surface area contributed by atoms with Crippen molar-refractivity contribution in [1.29, 1.82) is 0 Å². The van der Waals surface area contributed by atoms with E-state index in [0.717, 1.165) is 31.2 Å². The topological polar surface area (TPSA) is 46.2 Å². The lowest BCUT2D eigenvalue weighted by molar-refractivity contribution is -0.640. The highest BCUT2D eigenvalue weighted by molar-refractivity contribution is 6.30. The fourth-order valence-electron chi connectivity index (χ4n) is 7.60. The first-order valence-electron chi connectivity index (χ1n) is 14.5. The van der Waals surface area contributed by atoms with Crippen molar-refractivity contribution < 1.29 is 19.2 Å². The number of benzene rings is 2. The van der Waals surface area contributed by atoms with Gasteiger partial charge in [0.1, 0.15) is 29.0 Å². The smallest absolute Gasteiger partial charge is 0.233 e. The first-order valence-corrected chi connectivity index (χ1v) is 14.9. The molecule has 0 aliphatic carbocycles. The van der Waals surface area contributed by atoms with Crippen LogP contribution in [0.3, 0.4) is 0 Å². The predicted octanol–water partition coefficient (Wildman–Crippen LogP) is 5.76. The molecule has 2 saturated heterocycles. The normalized spacial score (nSPS) is 28.7. The van der Waals surface area contributed by atoms with Crippen LogP contribution in [0.15, 0.2) is 67.5 Å². The van der Waals surface area contributed by atoms with Crippen molar-refractivity contribution in [3.8, 4) is 0 Å². The molecule has 4 nitrogen and oxygen atoms in total. The van der Waals surface area contributed by atoms with Gasteiger partial charge in [0.05, 0.1) is 13.1 Å². The van der Waals surface area contributed by atoms with Gasteiger partial charge >= 0.3 is 0 Å². The number of amides is 1. The monoisotopic (exact) mass is 551 g/mol. The molecule has 3 aliphatic heterocycles. The molecule has 6 heteroatoms. The average molecular weight is 552 g/mol. The van der Waals surface area contributed by atoms with Crippen molar-refractivity contribution in [2.75, 3.05) is 19.6 Å². The lowest BCUT2D eigenvalue weighted by Gasteiger charge is -2.45. The molecule has 208 valence electrons. The molecule has 3 heterocycles. The predicted molar refractivity (Wildman–Crippen MR) is 154 cm³/mol. The van der Waals surface area contributed by atoms with Crippen LogP contribution in [-0.4, -0.2) is 42.6 Å². The van der Waals surface area contributed by atoms with E-state index in [-0.39, 0.29) is 23.9 Å². The van der Waals surface area contributed by atoms with E-state index in [1.165, 1.54) is 11.6 Å². The molecule has 1 amide bonds. The van der Waals surface area contributed by atoms with Crippen molar-refractivity contribution in [1.82, 2.24) is 4.90 Å². The quantitative estimate of drug-likeness (QED) is 0.464. The number of nitrogens with two attached hydrogens (primary N) is 1. The number of halogens is 2. The highest BCUT2D eigenvalue weighted by atomic mass is 35.5. The maximum Gasteiger partial charge on any atom is 0.233 e. The Bertz CT molecular complexity index is 1230. The molecule has 0 bridgehead atoms. The summed E-state index contributed by atoms with van der Waals surface area (Å²) in [5.74, 6) is 0.512. The Hall–Kier alpha value is -2.63. The Morgan fingerprint density at radius 1 is 1.28 bits per heavy atom. The van der Waals surface area contributed by atoms with Gasteiger partial charge in [-0.15, -0.1) is 0 Å². The highest BCUT2D eigenvalue weighted by Crippen LogP contribution is 2.48. The number of fused-ring (bicyclic) bond motifs is 2. The molecule has 2 fully saturated rings. The second-order valence-corrected chi connectivity index (χ2v) is 11.9.